The lowest BCUT2D eigenvalue weighted by molar-refractivity contribution is 0.254. The van der Waals surface area contributed by atoms with Gasteiger partial charge < -0.3 is 5.32 Å². The monoisotopic (exact) mass is 322 g/mol. The van der Waals surface area contributed by atoms with Crippen LogP contribution in [0.1, 0.15) is 44.7 Å². The van der Waals surface area contributed by atoms with Crippen LogP contribution in [0.4, 0.5) is 0 Å². The normalized spacial score (nSPS) is 29.6. The van der Waals surface area contributed by atoms with Crippen molar-refractivity contribution >= 4 is 15.9 Å². The fourth-order valence-electron chi connectivity index (χ4n) is 3.36. The van der Waals surface area contributed by atoms with Gasteiger partial charge >= 0.3 is 0 Å². The molecule has 2 aliphatic rings. The molecule has 1 aromatic carbocycles. The lowest BCUT2D eigenvalue weighted by atomic mass is 10.1. The SMILES string of the molecule is CC1CC(N[C@@H](C)c2ccccc2Br)CN1C1CC1. The molecule has 1 N–H and O–H groups in total. The van der Waals surface area contributed by atoms with Gasteiger partial charge in [0.25, 0.3) is 0 Å². The Balaban J connectivity index is 1.61. The van der Waals surface area contributed by atoms with Crippen molar-refractivity contribution in [1.82, 2.24) is 10.2 Å². The highest BCUT2D eigenvalue weighted by atomic mass is 79.9. The van der Waals surface area contributed by atoms with Crippen LogP contribution in [0.2, 0.25) is 0 Å². The van der Waals surface area contributed by atoms with Crippen LogP contribution in [0, 0.1) is 0 Å². The summed E-state index contributed by atoms with van der Waals surface area (Å²) in [6.07, 6.45) is 4.11. The Kier molecular flexibility index (Phi) is 3.97. The Morgan fingerprint density at radius 1 is 1.32 bits per heavy atom. The molecule has 19 heavy (non-hydrogen) atoms. The van der Waals surface area contributed by atoms with Gasteiger partial charge in [-0.1, -0.05) is 34.1 Å². The Morgan fingerprint density at radius 3 is 2.74 bits per heavy atom. The van der Waals surface area contributed by atoms with Crippen molar-refractivity contribution in [3.05, 3.63) is 34.3 Å². The smallest absolute Gasteiger partial charge is 0.0306 e. The lowest BCUT2D eigenvalue weighted by Gasteiger charge is -2.22. The average molecular weight is 323 g/mol. The largest absolute Gasteiger partial charge is 0.306 e. The van der Waals surface area contributed by atoms with E-state index in [1.807, 2.05) is 0 Å². The molecular weight excluding hydrogens is 300 g/mol. The fourth-order valence-corrected chi connectivity index (χ4v) is 3.99. The molecule has 1 saturated heterocycles. The number of hydrogen-bond donors (Lipinski definition) is 1. The molecule has 0 radical (unpaired) electrons. The Labute approximate surface area is 124 Å². The molecule has 2 nitrogen and oxygen atoms in total. The molecule has 2 unspecified atom stereocenters. The van der Waals surface area contributed by atoms with Gasteiger partial charge in [0.2, 0.25) is 0 Å². The minimum absolute atomic E-state index is 0.409. The van der Waals surface area contributed by atoms with E-state index in [4.69, 9.17) is 0 Å². The van der Waals surface area contributed by atoms with Gasteiger partial charge in [-0.25, -0.2) is 0 Å². The molecule has 0 amide bonds. The predicted octanol–water partition coefficient (Wildman–Crippen LogP) is 3.72. The number of hydrogen-bond acceptors (Lipinski definition) is 2. The number of rotatable bonds is 4. The summed E-state index contributed by atoms with van der Waals surface area (Å²) in [5.74, 6) is 0. The molecule has 0 spiro atoms. The highest BCUT2D eigenvalue weighted by Crippen LogP contribution is 2.34. The number of nitrogens with one attached hydrogen (secondary N) is 1. The molecule has 3 rings (SSSR count). The Hall–Kier alpha value is -0.380. The molecule has 104 valence electrons. The van der Waals surface area contributed by atoms with Gasteiger partial charge in [-0.2, -0.15) is 0 Å². The molecular formula is C16H23BrN2. The summed E-state index contributed by atoms with van der Waals surface area (Å²) >= 11 is 3.65. The lowest BCUT2D eigenvalue weighted by Crippen LogP contribution is -2.35. The number of likely N-dealkylation sites (tertiary alicyclic amines) is 1. The van der Waals surface area contributed by atoms with E-state index >= 15 is 0 Å². The third-order valence-electron chi connectivity index (χ3n) is 4.50. The minimum Gasteiger partial charge on any atom is -0.306 e. The second-order valence-electron chi connectivity index (χ2n) is 6.12. The number of halogens is 1. The second-order valence-corrected chi connectivity index (χ2v) is 6.97. The van der Waals surface area contributed by atoms with Crippen LogP contribution in [0.3, 0.4) is 0 Å². The molecule has 2 fully saturated rings. The molecule has 1 saturated carbocycles. The van der Waals surface area contributed by atoms with Gasteiger partial charge in [0.05, 0.1) is 0 Å². The Bertz CT molecular complexity index is 444. The predicted molar refractivity (Wildman–Crippen MR) is 83.3 cm³/mol. The quantitative estimate of drug-likeness (QED) is 0.908. The first kappa shape index (κ1) is 13.6. The average Bonchev–Trinajstić information content (AvgIpc) is 3.15. The van der Waals surface area contributed by atoms with Crippen molar-refractivity contribution in [2.45, 2.75) is 57.3 Å². The van der Waals surface area contributed by atoms with Crippen molar-refractivity contribution in [2.75, 3.05) is 6.54 Å². The van der Waals surface area contributed by atoms with E-state index in [0.29, 0.717) is 12.1 Å². The molecule has 3 heteroatoms. The van der Waals surface area contributed by atoms with Crippen LogP contribution >= 0.6 is 15.9 Å². The van der Waals surface area contributed by atoms with Crippen LogP contribution in [-0.4, -0.2) is 29.6 Å². The summed E-state index contributed by atoms with van der Waals surface area (Å²) in [6.45, 7) is 5.87. The molecule has 1 heterocycles. The third-order valence-corrected chi connectivity index (χ3v) is 5.22. The minimum atomic E-state index is 0.409. The van der Waals surface area contributed by atoms with Crippen LogP contribution < -0.4 is 5.32 Å². The van der Waals surface area contributed by atoms with Crippen LogP contribution in [0.25, 0.3) is 0 Å². The molecule has 0 aromatic heterocycles. The maximum atomic E-state index is 3.81. The van der Waals surface area contributed by atoms with Crippen molar-refractivity contribution in [3.8, 4) is 0 Å². The maximum absolute atomic E-state index is 3.81. The summed E-state index contributed by atoms with van der Waals surface area (Å²) in [5.41, 5.74) is 1.36. The maximum Gasteiger partial charge on any atom is 0.0306 e. The van der Waals surface area contributed by atoms with E-state index in [9.17, 15) is 0 Å². The topological polar surface area (TPSA) is 15.3 Å². The number of nitrogens with zero attached hydrogens (tertiary/aromatic N) is 1. The van der Waals surface area contributed by atoms with E-state index in [-0.39, 0.29) is 0 Å². The zero-order valence-electron chi connectivity index (χ0n) is 11.8. The van der Waals surface area contributed by atoms with Crippen molar-refractivity contribution in [1.29, 1.82) is 0 Å². The molecule has 0 bridgehead atoms. The van der Waals surface area contributed by atoms with Crippen molar-refractivity contribution in [2.24, 2.45) is 0 Å². The highest BCUT2D eigenvalue weighted by Gasteiger charge is 2.38. The van der Waals surface area contributed by atoms with E-state index in [1.165, 1.54) is 35.8 Å². The summed E-state index contributed by atoms with van der Waals surface area (Å²) in [5, 5.41) is 3.81. The summed E-state index contributed by atoms with van der Waals surface area (Å²) < 4.78 is 1.21. The molecule has 1 aliphatic carbocycles. The first-order chi connectivity index (χ1) is 9.15. The summed E-state index contributed by atoms with van der Waals surface area (Å²) in [7, 11) is 0. The molecule has 1 aliphatic heterocycles. The van der Waals surface area contributed by atoms with Crippen molar-refractivity contribution < 1.29 is 0 Å². The highest BCUT2D eigenvalue weighted by molar-refractivity contribution is 9.10. The van der Waals surface area contributed by atoms with Crippen LogP contribution in [0.5, 0.6) is 0 Å². The van der Waals surface area contributed by atoms with Gasteiger partial charge in [-0.3, -0.25) is 4.90 Å². The van der Waals surface area contributed by atoms with Gasteiger partial charge in [0.1, 0.15) is 0 Å². The zero-order valence-corrected chi connectivity index (χ0v) is 13.4. The van der Waals surface area contributed by atoms with Crippen molar-refractivity contribution in [3.63, 3.8) is 0 Å². The van der Waals surface area contributed by atoms with Crippen LogP contribution in [-0.2, 0) is 0 Å². The fraction of sp³-hybridized carbons (Fsp3) is 0.625. The summed E-state index contributed by atoms with van der Waals surface area (Å²) in [4.78, 5) is 2.70. The van der Waals surface area contributed by atoms with Gasteiger partial charge in [0, 0.05) is 35.2 Å². The summed E-state index contributed by atoms with van der Waals surface area (Å²) in [6, 6.07) is 11.2. The zero-order chi connectivity index (χ0) is 13.4. The van der Waals surface area contributed by atoms with Gasteiger partial charge in [-0.05, 0) is 44.7 Å². The first-order valence-corrected chi connectivity index (χ1v) is 8.20. The van der Waals surface area contributed by atoms with Gasteiger partial charge in [0.15, 0.2) is 0 Å². The van der Waals surface area contributed by atoms with Crippen LogP contribution in [0.15, 0.2) is 28.7 Å². The number of benzene rings is 1. The first-order valence-electron chi connectivity index (χ1n) is 7.41. The van der Waals surface area contributed by atoms with E-state index in [1.54, 1.807) is 0 Å². The molecule has 3 atom stereocenters. The Morgan fingerprint density at radius 2 is 2.05 bits per heavy atom. The third kappa shape index (κ3) is 3.04. The van der Waals surface area contributed by atoms with E-state index in [2.05, 4.69) is 64.3 Å². The molecule has 1 aromatic rings. The van der Waals surface area contributed by atoms with Gasteiger partial charge in [-0.15, -0.1) is 0 Å². The standard InChI is InChI=1S/C16H23BrN2/c1-11-9-13(10-19(11)14-7-8-14)18-12(2)15-5-3-4-6-16(15)17/h3-6,11-14,18H,7-10H2,1-2H3/t11?,12-,13?/m0/s1. The second kappa shape index (κ2) is 5.55. The van der Waals surface area contributed by atoms with E-state index < -0.39 is 0 Å². The van der Waals surface area contributed by atoms with E-state index in [0.717, 1.165) is 12.1 Å².